The molecule has 0 aliphatic heterocycles. The standard InChI is InChI=1S/C14H16N4O2S/c1-9-7-11(13(20)17-6-4-15)14(21-9)18-12(19)10-3-2-5-16-8-10/h2-3,5,7-8H,4,6,15H2,1H3,(H,17,20)(H,18,19). The summed E-state index contributed by atoms with van der Waals surface area (Å²) in [5.41, 5.74) is 6.26. The molecular weight excluding hydrogens is 288 g/mol. The number of aromatic nitrogens is 1. The fraction of sp³-hybridized carbons (Fsp3) is 0.214. The number of carbonyl (C=O) groups excluding carboxylic acids is 2. The van der Waals surface area contributed by atoms with E-state index < -0.39 is 0 Å². The highest BCUT2D eigenvalue weighted by Crippen LogP contribution is 2.28. The van der Waals surface area contributed by atoms with Crippen LogP contribution in [-0.4, -0.2) is 29.9 Å². The smallest absolute Gasteiger partial charge is 0.257 e. The minimum Gasteiger partial charge on any atom is -0.351 e. The molecule has 6 nitrogen and oxygen atoms in total. The lowest BCUT2D eigenvalue weighted by molar-refractivity contribution is 0.0956. The zero-order valence-corrected chi connectivity index (χ0v) is 12.4. The molecule has 0 atom stereocenters. The lowest BCUT2D eigenvalue weighted by Gasteiger charge is -2.06. The summed E-state index contributed by atoms with van der Waals surface area (Å²) in [5.74, 6) is -0.538. The molecule has 2 amide bonds. The van der Waals surface area contributed by atoms with Crippen LogP contribution in [0.25, 0.3) is 0 Å². The van der Waals surface area contributed by atoms with Crippen molar-refractivity contribution in [2.45, 2.75) is 6.92 Å². The average molecular weight is 304 g/mol. The molecule has 2 rings (SSSR count). The van der Waals surface area contributed by atoms with Crippen LogP contribution in [-0.2, 0) is 0 Å². The van der Waals surface area contributed by atoms with E-state index in [1.807, 2.05) is 6.92 Å². The first-order valence-corrected chi connectivity index (χ1v) is 7.23. The van der Waals surface area contributed by atoms with Gasteiger partial charge in [-0.3, -0.25) is 14.6 Å². The Kier molecular flexibility index (Phi) is 5.02. The van der Waals surface area contributed by atoms with Crippen molar-refractivity contribution in [1.82, 2.24) is 10.3 Å². The van der Waals surface area contributed by atoms with Crippen LogP contribution in [0.15, 0.2) is 30.6 Å². The highest BCUT2D eigenvalue weighted by Gasteiger charge is 2.17. The summed E-state index contributed by atoms with van der Waals surface area (Å²) in [6.45, 7) is 2.64. The number of amides is 2. The Morgan fingerprint density at radius 2 is 2.19 bits per heavy atom. The number of nitrogens with two attached hydrogens (primary N) is 1. The Morgan fingerprint density at radius 3 is 2.86 bits per heavy atom. The predicted octanol–water partition coefficient (Wildman–Crippen LogP) is 1.39. The highest BCUT2D eigenvalue weighted by molar-refractivity contribution is 7.16. The zero-order valence-electron chi connectivity index (χ0n) is 11.6. The molecule has 110 valence electrons. The van der Waals surface area contributed by atoms with Gasteiger partial charge in [-0.05, 0) is 25.1 Å². The lowest BCUT2D eigenvalue weighted by atomic mass is 10.2. The van der Waals surface area contributed by atoms with Gasteiger partial charge in [0, 0.05) is 30.4 Å². The SMILES string of the molecule is Cc1cc(C(=O)NCCN)c(NC(=O)c2cccnc2)s1. The van der Waals surface area contributed by atoms with Gasteiger partial charge in [0.15, 0.2) is 0 Å². The molecule has 0 bridgehead atoms. The minimum absolute atomic E-state index is 0.244. The van der Waals surface area contributed by atoms with Gasteiger partial charge in [-0.1, -0.05) is 0 Å². The van der Waals surface area contributed by atoms with Gasteiger partial charge in [-0.25, -0.2) is 0 Å². The molecule has 0 unspecified atom stereocenters. The van der Waals surface area contributed by atoms with E-state index in [9.17, 15) is 9.59 Å². The second kappa shape index (κ2) is 6.96. The summed E-state index contributed by atoms with van der Waals surface area (Å²) in [6, 6.07) is 5.09. The Bertz CT molecular complexity index is 640. The van der Waals surface area contributed by atoms with E-state index in [1.165, 1.54) is 17.5 Å². The zero-order chi connectivity index (χ0) is 15.2. The van der Waals surface area contributed by atoms with Crippen LogP contribution < -0.4 is 16.4 Å². The monoisotopic (exact) mass is 304 g/mol. The van der Waals surface area contributed by atoms with Gasteiger partial charge in [0.1, 0.15) is 5.00 Å². The average Bonchev–Trinajstić information content (AvgIpc) is 2.86. The number of hydrogen-bond donors (Lipinski definition) is 3. The Morgan fingerprint density at radius 1 is 1.38 bits per heavy atom. The number of carbonyl (C=O) groups is 2. The summed E-state index contributed by atoms with van der Waals surface area (Å²) in [7, 11) is 0. The molecular formula is C14H16N4O2S. The molecule has 0 aromatic carbocycles. The maximum Gasteiger partial charge on any atom is 0.257 e. The molecule has 2 aromatic heterocycles. The van der Waals surface area contributed by atoms with E-state index in [0.29, 0.717) is 29.2 Å². The fourth-order valence-corrected chi connectivity index (χ4v) is 2.63. The van der Waals surface area contributed by atoms with Crippen molar-refractivity contribution in [1.29, 1.82) is 0 Å². The van der Waals surface area contributed by atoms with Crippen LogP contribution in [0.4, 0.5) is 5.00 Å². The number of rotatable bonds is 5. The normalized spacial score (nSPS) is 10.2. The second-order valence-corrected chi connectivity index (χ2v) is 5.60. The number of aryl methyl sites for hydroxylation is 1. The quantitative estimate of drug-likeness (QED) is 0.777. The fourth-order valence-electron chi connectivity index (χ4n) is 1.73. The van der Waals surface area contributed by atoms with E-state index in [1.54, 1.807) is 24.4 Å². The molecule has 0 aliphatic rings. The molecule has 0 saturated carbocycles. The third kappa shape index (κ3) is 3.87. The lowest BCUT2D eigenvalue weighted by Crippen LogP contribution is -2.29. The van der Waals surface area contributed by atoms with Crippen LogP contribution in [0.3, 0.4) is 0 Å². The van der Waals surface area contributed by atoms with Crippen molar-refractivity contribution in [3.63, 3.8) is 0 Å². The molecule has 0 radical (unpaired) electrons. The van der Waals surface area contributed by atoms with Crippen molar-refractivity contribution in [2.75, 3.05) is 18.4 Å². The molecule has 7 heteroatoms. The van der Waals surface area contributed by atoms with Crippen LogP contribution in [0, 0.1) is 6.92 Å². The Labute approximate surface area is 126 Å². The van der Waals surface area contributed by atoms with E-state index in [4.69, 9.17) is 5.73 Å². The molecule has 2 heterocycles. The van der Waals surface area contributed by atoms with Gasteiger partial charge >= 0.3 is 0 Å². The molecule has 0 aliphatic carbocycles. The van der Waals surface area contributed by atoms with Gasteiger partial charge in [-0.15, -0.1) is 11.3 Å². The highest BCUT2D eigenvalue weighted by atomic mass is 32.1. The van der Waals surface area contributed by atoms with Crippen molar-refractivity contribution in [3.05, 3.63) is 46.6 Å². The van der Waals surface area contributed by atoms with Gasteiger partial charge in [0.05, 0.1) is 11.1 Å². The number of hydrogen-bond acceptors (Lipinski definition) is 5. The van der Waals surface area contributed by atoms with Gasteiger partial charge in [-0.2, -0.15) is 0 Å². The van der Waals surface area contributed by atoms with Crippen molar-refractivity contribution in [2.24, 2.45) is 5.73 Å². The minimum atomic E-state index is -0.294. The summed E-state index contributed by atoms with van der Waals surface area (Å²) >= 11 is 1.35. The van der Waals surface area contributed by atoms with Gasteiger partial charge < -0.3 is 16.4 Å². The Hall–Kier alpha value is -2.25. The topological polar surface area (TPSA) is 97.1 Å². The largest absolute Gasteiger partial charge is 0.351 e. The van der Waals surface area contributed by atoms with Crippen LogP contribution in [0.1, 0.15) is 25.6 Å². The summed E-state index contributed by atoms with van der Waals surface area (Å²) in [4.78, 5) is 29.0. The third-order valence-corrected chi connectivity index (χ3v) is 3.65. The maximum absolute atomic E-state index is 12.1. The van der Waals surface area contributed by atoms with Crippen molar-refractivity contribution < 1.29 is 9.59 Å². The molecule has 21 heavy (non-hydrogen) atoms. The number of thiophene rings is 1. The summed E-state index contributed by atoms with van der Waals surface area (Å²) < 4.78 is 0. The second-order valence-electron chi connectivity index (χ2n) is 4.34. The van der Waals surface area contributed by atoms with Crippen LogP contribution in [0.2, 0.25) is 0 Å². The first kappa shape index (κ1) is 15.1. The van der Waals surface area contributed by atoms with E-state index in [-0.39, 0.29) is 11.8 Å². The van der Waals surface area contributed by atoms with Gasteiger partial charge in [0.2, 0.25) is 0 Å². The van der Waals surface area contributed by atoms with E-state index >= 15 is 0 Å². The predicted molar refractivity (Wildman–Crippen MR) is 82.6 cm³/mol. The van der Waals surface area contributed by atoms with E-state index in [2.05, 4.69) is 15.6 Å². The molecule has 0 spiro atoms. The summed E-state index contributed by atoms with van der Waals surface area (Å²) in [6.07, 6.45) is 3.07. The summed E-state index contributed by atoms with van der Waals surface area (Å²) in [5, 5.41) is 5.97. The molecule has 2 aromatic rings. The first-order valence-electron chi connectivity index (χ1n) is 6.42. The number of anilines is 1. The number of pyridine rings is 1. The van der Waals surface area contributed by atoms with E-state index in [0.717, 1.165) is 4.88 Å². The molecule has 0 fully saturated rings. The van der Waals surface area contributed by atoms with Crippen LogP contribution >= 0.6 is 11.3 Å². The van der Waals surface area contributed by atoms with Crippen molar-refractivity contribution in [3.8, 4) is 0 Å². The maximum atomic E-state index is 12.1. The first-order chi connectivity index (χ1) is 10.1. The van der Waals surface area contributed by atoms with Gasteiger partial charge in [0.25, 0.3) is 11.8 Å². The van der Waals surface area contributed by atoms with Crippen LogP contribution in [0.5, 0.6) is 0 Å². The number of nitrogens with one attached hydrogen (secondary N) is 2. The Balaban J connectivity index is 2.17. The number of nitrogens with zero attached hydrogens (tertiary/aromatic N) is 1. The third-order valence-electron chi connectivity index (χ3n) is 2.68. The molecule has 4 N–H and O–H groups in total. The molecule has 0 saturated heterocycles. The van der Waals surface area contributed by atoms with Crippen molar-refractivity contribution >= 4 is 28.2 Å².